The van der Waals surface area contributed by atoms with Crippen LogP contribution in [0.1, 0.15) is 37.0 Å². The minimum absolute atomic E-state index is 0.00909. The molecular formula is C27H31NO. The molecule has 0 radical (unpaired) electrons. The van der Waals surface area contributed by atoms with Gasteiger partial charge in [0.2, 0.25) is 0 Å². The van der Waals surface area contributed by atoms with E-state index < -0.39 is 0 Å². The molecule has 0 aliphatic carbocycles. The fraction of sp³-hybridized carbons (Fsp3) is 0.259. The molecule has 29 heavy (non-hydrogen) atoms. The van der Waals surface area contributed by atoms with Gasteiger partial charge >= 0.3 is 0 Å². The Hall–Kier alpha value is -2.84. The van der Waals surface area contributed by atoms with Crippen LogP contribution in [0.4, 0.5) is 0 Å². The number of rotatable bonds is 8. The minimum Gasteiger partial charge on any atom is -0.475 e. The molecule has 3 aromatic carbocycles. The number of nitrogens with zero attached hydrogens (tertiary/aromatic N) is 1. The van der Waals surface area contributed by atoms with Gasteiger partial charge in [-0.05, 0) is 55.8 Å². The molecule has 0 fully saturated rings. The lowest BCUT2D eigenvalue weighted by molar-refractivity contribution is 0.0807. The first kappa shape index (κ1) is 20.9. The third-order valence-electron chi connectivity index (χ3n) is 5.15. The number of hydrogen-bond donors (Lipinski definition) is 0. The van der Waals surface area contributed by atoms with Crippen molar-refractivity contribution < 1.29 is 4.74 Å². The van der Waals surface area contributed by atoms with Crippen LogP contribution >= 0.6 is 0 Å². The van der Waals surface area contributed by atoms with Crippen LogP contribution in [0.5, 0.6) is 5.75 Å². The summed E-state index contributed by atoms with van der Waals surface area (Å²) >= 11 is 0. The van der Waals surface area contributed by atoms with Gasteiger partial charge in [-0.1, -0.05) is 85.8 Å². The van der Waals surface area contributed by atoms with E-state index in [-0.39, 0.29) is 6.23 Å². The van der Waals surface area contributed by atoms with Crippen molar-refractivity contribution >= 4 is 6.08 Å². The Bertz CT molecular complexity index is 930. The molecule has 1 atom stereocenters. The fourth-order valence-corrected chi connectivity index (χ4v) is 3.35. The predicted molar refractivity (Wildman–Crippen MR) is 124 cm³/mol. The molecule has 0 heterocycles. The van der Waals surface area contributed by atoms with Crippen LogP contribution in [0.25, 0.3) is 17.2 Å². The lowest BCUT2D eigenvalue weighted by Gasteiger charge is -2.25. The Kier molecular flexibility index (Phi) is 7.26. The summed E-state index contributed by atoms with van der Waals surface area (Å²) in [6, 6.07) is 25.6. The van der Waals surface area contributed by atoms with Crippen LogP contribution in [-0.2, 0) is 6.42 Å². The molecular weight excluding hydrogens is 354 g/mol. The van der Waals surface area contributed by atoms with Gasteiger partial charge in [0.1, 0.15) is 12.0 Å². The highest BCUT2D eigenvalue weighted by Gasteiger charge is 2.18. The highest BCUT2D eigenvalue weighted by atomic mass is 16.5. The van der Waals surface area contributed by atoms with Gasteiger partial charge in [-0.3, -0.25) is 4.90 Å². The van der Waals surface area contributed by atoms with E-state index >= 15 is 0 Å². The molecule has 150 valence electrons. The van der Waals surface area contributed by atoms with E-state index in [4.69, 9.17) is 4.74 Å². The summed E-state index contributed by atoms with van der Waals surface area (Å²) in [6.45, 7) is 4.25. The van der Waals surface area contributed by atoms with Gasteiger partial charge in [0.15, 0.2) is 0 Å². The van der Waals surface area contributed by atoms with Gasteiger partial charge in [0.05, 0.1) is 0 Å². The van der Waals surface area contributed by atoms with Gasteiger partial charge < -0.3 is 4.74 Å². The molecule has 0 bridgehead atoms. The van der Waals surface area contributed by atoms with Crippen molar-refractivity contribution in [1.82, 2.24) is 4.90 Å². The summed E-state index contributed by atoms with van der Waals surface area (Å²) in [4.78, 5) is 2.08. The lowest BCUT2D eigenvalue weighted by atomic mass is 9.89. The first-order chi connectivity index (χ1) is 14.1. The molecule has 0 aliphatic rings. The molecule has 2 heteroatoms. The first-order valence-corrected chi connectivity index (χ1v) is 10.3. The van der Waals surface area contributed by atoms with E-state index in [1.807, 2.05) is 14.1 Å². The topological polar surface area (TPSA) is 12.5 Å². The third kappa shape index (κ3) is 5.36. The van der Waals surface area contributed by atoms with E-state index in [1.54, 1.807) is 0 Å². The van der Waals surface area contributed by atoms with Crippen LogP contribution in [-0.4, -0.2) is 25.2 Å². The third-order valence-corrected chi connectivity index (χ3v) is 5.15. The van der Waals surface area contributed by atoms with Gasteiger partial charge in [0, 0.05) is 12.0 Å². The van der Waals surface area contributed by atoms with Crippen molar-refractivity contribution in [3.63, 3.8) is 0 Å². The van der Waals surface area contributed by atoms with Crippen LogP contribution in [0.3, 0.4) is 0 Å². The molecule has 0 spiro atoms. The maximum atomic E-state index is 6.40. The van der Waals surface area contributed by atoms with E-state index in [0.29, 0.717) is 0 Å². The van der Waals surface area contributed by atoms with Crippen LogP contribution in [0.2, 0.25) is 0 Å². The van der Waals surface area contributed by atoms with Crippen LogP contribution in [0.15, 0.2) is 78.9 Å². The SMILES string of the molecule is CC/C=C/c1ccc(OC(C)N(C)C)c(Cc2ccccc2)c1-c1ccccc1. The molecule has 0 aliphatic heterocycles. The zero-order valence-electron chi connectivity index (χ0n) is 17.9. The highest BCUT2D eigenvalue weighted by Crippen LogP contribution is 2.37. The van der Waals surface area contributed by atoms with Crippen LogP contribution in [0, 0.1) is 0 Å². The Labute approximate surface area is 175 Å². The molecule has 0 saturated carbocycles. The summed E-state index contributed by atoms with van der Waals surface area (Å²) < 4.78 is 6.40. The fourth-order valence-electron chi connectivity index (χ4n) is 3.35. The zero-order chi connectivity index (χ0) is 20.6. The number of allylic oxidation sites excluding steroid dienone is 1. The molecule has 0 aromatic heterocycles. The predicted octanol–water partition coefficient (Wildman–Crippen LogP) is 6.65. The second-order valence-electron chi connectivity index (χ2n) is 7.53. The van der Waals surface area contributed by atoms with Crippen molar-refractivity contribution in [3.8, 4) is 16.9 Å². The molecule has 2 nitrogen and oxygen atoms in total. The molecule has 0 N–H and O–H groups in total. The van der Waals surface area contributed by atoms with Gasteiger partial charge in [-0.15, -0.1) is 0 Å². The Balaban J connectivity index is 2.20. The summed E-state index contributed by atoms with van der Waals surface area (Å²) in [5.41, 5.74) is 6.21. The average Bonchev–Trinajstić information content (AvgIpc) is 2.74. The highest BCUT2D eigenvalue weighted by molar-refractivity contribution is 5.80. The lowest BCUT2D eigenvalue weighted by Crippen LogP contribution is -2.30. The van der Waals surface area contributed by atoms with E-state index in [9.17, 15) is 0 Å². The second kappa shape index (κ2) is 10.1. The molecule has 3 aromatic rings. The van der Waals surface area contributed by atoms with Gasteiger partial charge in [-0.2, -0.15) is 0 Å². The summed E-state index contributed by atoms with van der Waals surface area (Å²) in [7, 11) is 4.08. The number of hydrogen-bond acceptors (Lipinski definition) is 2. The summed E-state index contributed by atoms with van der Waals surface area (Å²) in [5, 5.41) is 0. The number of benzene rings is 3. The van der Waals surface area contributed by atoms with Crippen molar-refractivity contribution in [2.75, 3.05) is 14.1 Å². The monoisotopic (exact) mass is 385 g/mol. The summed E-state index contributed by atoms with van der Waals surface area (Å²) in [6.07, 6.45) is 6.28. The Morgan fingerprint density at radius 3 is 2.17 bits per heavy atom. The molecule has 0 amide bonds. The maximum absolute atomic E-state index is 6.40. The van der Waals surface area contributed by atoms with Crippen LogP contribution < -0.4 is 4.74 Å². The Morgan fingerprint density at radius 2 is 1.55 bits per heavy atom. The van der Waals surface area contributed by atoms with E-state index in [2.05, 4.69) is 104 Å². The smallest absolute Gasteiger partial charge is 0.149 e. The normalized spacial score (nSPS) is 12.4. The van der Waals surface area contributed by atoms with E-state index in [0.717, 1.165) is 18.6 Å². The van der Waals surface area contributed by atoms with Gasteiger partial charge in [-0.25, -0.2) is 0 Å². The van der Waals surface area contributed by atoms with Gasteiger partial charge in [0.25, 0.3) is 0 Å². The molecule has 1 unspecified atom stereocenters. The van der Waals surface area contributed by atoms with Crippen molar-refractivity contribution in [2.45, 2.75) is 32.9 Å². The van der Waals surface area contributed by atoms with E-state index in [1.165, 1.54) is 27.8 Å². The molecule has 0 saturated heterocycles. The van der Waals surface area contributed by atoms with Crippen molar-refractivity contribution in [2.24, 2.45) is 0 Å². The first-order valence-electron chi connectivity index (χ1n) is 10.3. The second-order valence-corrected chi connectivity index (χ2v) is 7.53. The minimum atomic E-state index is -0.00909. The quantitative estimate of drug-likeness (QED) is 0.402. The standard InChI is InChI=1S/C27H31NO/c1-5-6-15-24-18-19-26(29-21(2)28(3)4)25(20-22-13-9-7-10-14-22)27(24)23-16-11-8-12-17-23/h6-19,21H,5,20H2,1-4H3/b15-6+. The largest absolute Gasteiger partial charge is 0.475 e. The molecule has 3 rings (SSSR count). The zero-order valence-corrected chi connectivity index (χ0v) is 17.9. The van der Waals surface area contributed by atoms with Crippen molar-refractivity contribution in [3.05, 3.63) is 95.6 Å². The maximum Gasteiger partial charge on any atom is 0.149 e. The number of ether oxygens (including phenoxy) is 1. The Morgan fingerprint density at radius 1 is 0.897 bits per heavy atom. The summed E-state index contributed by atoms with van der Waals surface area (Å²) in [5.74, 6) is 0.947. The van der Waals surface area contributed by atoms with Crippen molar-refractivity contribution in [1.29, 1.82) is 0 Å². The average molecular weight is 386 g/mol.